The van der Waals surface area contributed by atoms with Crippen molar-refractivity contribution in [3.05, 3.63) is 64.4 Å². The quantitative estimate of drug-likeness (QED) is 0.637. The lowest BCUT2D eigenvalue weighted by atomic mass is 10.1. The molecular formula is C18H19ClFN3O. The van der Waals surface area contributed by atoms with Crippen LogP contribution in [-0.2, 0) is 11.3 Å². The van der Waals surface area contributed by atoms with E-state index in [4.69, 9.17) is 22.1 Å². The Bertz CT molecular complexity index is 745. The maximum absolute atomic E-state index is 13.9. The predicted octanol–water partition coefficient (Wildman–Crippen LogP) is 3.91. The van der Waals surface area contributed by atoms with Crippen molar-refractivity contribution >= 4 is 23.2 Å². The van der Waals surface area contributed by atoms with Crippen molar-refractivity contribution in [1.82, 2.24) is 0 Å². The van der Waals surface area contributed by atoms with Gasteiger partial charge >= 0.3 is 0 Å². The molecule has 0 amide bonds. The number of anilines is 1. The molecule has 0 saturated heterocycles. The van der Waals surface area contributed by atoms with Crippen LogP contribution in [0.15, 0.2) is 47.5 Å². The standard InChI is InChI=1S/C18H19ClFN3O/c1-24-10-11-5-2-3-8-15(11)22-18(21)23-16-9-12(16)17-13(19)6-4-7-14(17)20/h2-8,12,16H,9-10H2,1H3,(H3,21,22,23)/t12-,16-/m1/s1. The van der Waals surface area contributed by atoms with Crippen LogP contribution < -0.4 is 11.1 Å². The number of halogens is 2. The third-order valence-electron chi connectivity index (χ3n) is 4.01. The number of benzene rings is 2. The van der Waals surface area contributed by atoms with E-state index in [-0.39, 0.29) is 17.8 Å². The van der Waals surface area contributed by atoms with E-state index in [0.717, 1.165) is 17.7 Å². The Hall–Kier alpha value is -2.11. The van der Waals surface area contributed by atoms with Crippen LogP contribution in [0.5, 0.6) is 0 Å². The number of ether oxygens (including phenoxy) is 1. The van der Waals surface area contributed by atoms with Crippen LogP contribution in [0.3, 0.4) is 0 Å². The minimum atomic E-state index is -0.290. The molecule has 2 aromatic carbocycles. The average molecular weight is 348 g/mol. The van der Waals surface area contributed by atoms with Gasteiger partial charge in [-0.25, -0.2) is 9.38 Å². The lowest BCUT2D eigenvalue weighted by Crippen LogP contribution is -2.24. The summed E-state index contributed by atoms with van der Waals surface area (Å²) in [5, 5.41) is 3.53. The Kier molecular flexibility index (Phi) is 5.02. The largest absolute Gasteiger partial charge is 0.380 e. The molecule has 1 fully saturated rings. The first-order valence-corrected chi connectivity index (χ1v) is 8.09. The zero-order valence-electron chi connectivity index (χ0n) is 13.3. The summed E-state index contributed by atoms with van der Waals surface area (Å²) in [5.74, 6) is -0.00560. The van der Waals surface area contributed by atoms with Gasteiger partial charge in [-0.3, -0.25) is 0 Å². The monoisotopic (exact) mass is 347 g/mol. The molecule has 0 radical (unpaired) electrons. The number of nitrogens with two attached hydrogens (primary N) is 1. The fourth-order valence-electron chi connectivity index (χ4n) is 2.77. The summed E-state index contributed by atoms with van der Waals surface area (Å²) in [6, 6.07) is 12.4. The Morgan fingerprint density at radius 2 is 2.12 bits per heavy atom. The molecule has 126 valence electrons. The van der Waals surface area contributed by atoms with E-state index in [1.165, 1.54) is 6.07 Å². The first kappa shape index (κ1) is 16.7. The predicted molar refractivity (Wildman–Crippen MR) is 95.0 cm³/mol. The van der Waals surface area contributed by atoms with E-state index >= 15 is 0 Å². The zero-order valence-corrected chi connectivity index (χ0v) is 14.1. The second-order valence-corrected chi connectivity index (χ2v) is 6.18. The van der Waals surface area contributed by atoms with E-state index < -0.39 is 0 Å². The third kappa shape index (κ3) is 3.68. The first-order valence-electron chi connectivity index (χ1n) is 7.71. The number of guanidine groups is 1. The minimum Gasteiger partial charge on any atom is -0.380 e. The fourth-order valence-corrected chi connectivity index (χ4v) is 3.08. The van der Waals surface area contributed by atoms with Crippen molar-refractivity contribution in [2.45, 2.75) is 25.0 Å². The van der Waals surface area contributed by atoms with Gasteiger partial charge in [0.05, 0.1) is 12.6 Å². The number of rotatable bonds is 5. The number of nitrogens with one attached hydrogen (secondary N) is 1. The van der Waals surface area contributed by atoms with E-state index in [2.05, 4.69) is 10.3 Å². The van der Waals surface area contributed by atoms with Crippen LogP contribution in [0, 0.1) is 5.82 Å². The summed E-state index contributed by atoms with van der Waals surface area (Å²) in [6.45, 7) is 0.480. The maximum atomic E-state index is 13.9. The van der Waals surface area contributed by atoms with Crippen molar-refractivity contribution in [2.75, 3.05) is 12.4 Å². The van der Waals surface area contributed by atoms with Crippen molar-refractivity contribution in [3.8, 4) is 0 Å². The molecule has 1 aliphatic carbocycles. The number of nitrogens with zero attached hydrogens (tertiary/aromatic N) is 1. The Labute approximate surface area is 145 Å². The molecule has 1 saturated carbocycles. The topological polar surface area (TPSA) is 59.6 Å². The molecular weight excluding hydrogens is 329 g/mol. The molecule has 0 unspecified atom stereocenters. The number of aliphatic imine (C=N–C) groups is 1. The van der Waals surface area contributed by atoms with Gasteiger partial charge in [0.1, 0.15) is 5.82 Å². The molecule has 6 heteroatoms. The lowest BCUT2D eigenvalue weighted by molar-refractivity contribution is 0.185. The van der Waals surface area contributed by atoms with Gasteiger partial charge in [0, 0.05) is 34.9 Å². The number of hydrogen-bond donors (Lipinski definition) is 2. The first-order chi connectivity index (χ1) is 11.6. The van der Waals surface area contributed by atoms with Crippen molar-refractivity contribution in [1.29, 1.82) is 0 Å². The molecule has 1 aliphatic rings. The van der Waals surface area contributed by atoms with E-state index in [1.807, 2.05) is 24.3 Å². The van der Waals surface area contributed by atoms with E-state index in [9.17, 15) is 4.39 Å². The molecule has 3 N–H and O–H groups in total. The average Bonchev–Trinajstić information content (AvgIpc) is 3.28. The highest BCUT2D eigenvalue weighted by Gasteiger charge is 2.41. The molecule has 2 aromatic rings. The van der Waals surface area contributed by atoms with Gasteiger partial charge < -0.3 is 15.8 Å². The van der Waals surface area contributed by atoms with Crippen LogP contribution in [-0.4, -0.2) is 19.1 Å². The molecule has 4 nitrogen and oxygen atoms in total. The molecule has 3 rings (SSSR count). The van der Waals surface area contributed by atoms with E-state index in [0.29, 0.717) is 23.2 Å². The summed E-state index contributed by atoms with van der Waals surface area (Å²) in [6.07, 6.45) is 0.739. The van der Waals surface area contributed by atoms with Crippen molar-refractivity contribution in [2.24, 2.45) is 10.7 Å². The van der Waals surface area contributed by atoms with E-state index in [1.54, 1.807) is 19.2 Å². The summed E-state index contributed by atoms with van der Waals surface area (Å²) >= 11 is 6.10. The van der Waals surface area contributed by atoms with Crippen LogP contribution >= 0.6 is 11.6 Å². The number of hydrogen-bond acceptors (Lipinski definition) is 2. The van der Waals surface area contributed by atoms with Gasteiger partial charge in [-0.2, -0.15) is 0 Å². The van der Waals surface area contributed by atoms with Gasteiger partial charge in [-0.15, -0.1) is 0 Å². The summed E-state index contributed by atoms with van der Waals surface area (Å²) in [7, 11) is 1.64. The molecule has 0 bridgehead atoms. The highest BCUT2D eigenvalue weighted by atomic mass is 35.5. The molecule has 0 aliphatic heterocycles. The second-order valence-electron chi connectivity index (χ2n) is 5.77. The van der Waals surface area contributed by atoms with Gasteiger partial charge in [-0.1, -0.05) is 35.9 Å². The Morgan fingerprint density at radius 1 is 1.33 bits per heavy atom. The third-order valence-corrected chi connectivity index (χ3v) is 4.34. The smallest absolute Gasteiger partial charge is 0.193 e. The highest BCUT2D eigenvalue weighted by Crippen LogP contribution is 2.47. The van der Waals surface area contributed by atoms with Gasteiger partial charge in [0.15, 0.2) is 5.96 Å². The van der Waals surface area contributed by atoms with Crippen LogP contribution in [0.4, 0.5) is 10.1 Å². The van der Waals surface area contributed by atoms with Gasteiger partial charge in [0.2, 0.25) is 0 Å². The van der Waals surface area contributed by atoms with Crippen molar-refractivity contribution in [3.63, 3.8) is 0 Å². The van der Waals surface area contributed by atoms with Gasteiger partial charge in [0.25, 0.3) is 0 Å². The van der Waals surface area contributed by atoms with Gasteiger partial charge in [-0.05, 0) is 24.6 Å². The van der Waals surface area contributed by atoms with Crippen LogP contribution in [0.2, 0.25) is 5.02 Å². The normalized spacial score (nSPS) is 20.0. The van der Waals surface area contributed by atoms with Crippen molar-refractivity contribution < 1.29 is 9.13 Å². The number of methoxy groups -OCH3 is 1. The molecule has 0 spiro atoms. The highest BCUT2D eigenvalue weighted by molar-refractivity contribution is 6.31. The fraction of sp³-hybridized carbons (Fsp3) is 0.278. The summed E-state index contributed by atoms with van der Waals surface area (Å²) in [4.78, 5) is 4.44. The second kappa shape index (κ2) is 7.20. The Morgan fingerprint density at radius 3 is 2.88 bits per heavy atom. The zero-order chi connectivity index (χ0) is 17.1. The lowest BCUT2D eigenvalue weighted by Gasteiger charge is -2.11. The Balaban J connectivity index is 1.70. The molecule has 2 atom stereocenters. The van der Waals surface area contributed by atoms with Crippen LogP contribution in [0.1, 0.15) is 23.5 Å². The SMILES string of the molecule is COCc1ccccc1NC(N)=N[C@@H]1C[C@H]1c1c(F)cccc1Cl. The maximum Gasteiger partial charge on any atom is 0.193 e. The minimum absolute atomic E-state index is 0.0201. The molecule has 24 heavy (non-hydrogen) atoms. The summed E-state index contributed by atoms with van der Waals surface area (Å²) < 4.78 is 19.1. The van der Waals surface area contributed by atoms with Crippen LogP contribution in [0.25, 0.3) is 0 Å². The molecule has 0 heterocycles. The summed E-state index contributed by atoms with van der Waals surface area (Å²) in [5.41, 5.74) is 8.37. The molecule has 0 aromatic heterocycles. The number of para-hydroxylation sites is 1.